The van der Waals surface area contributed by atoms with Crippen molar-refractivity contribution in [1.82, 2.24) is 19.7 Å². The molecule has 0 saturated carbocycles. The number of aromatic nitrogens is 1. The van der Waals surface area contributed by atoms with Crippen LogP contribution in [0.1, 0.15) is 53.6 Å². The van der Waals surface area contributed by atoms with Crippen LogP contribution in [-0.2, 0) is 19.5 Å². The molecule has 0 unspecified atom stereocenters. The molecule has 0 spiro atoms. The Hall–Kier alpha value is -2.28. The molecule has 4 heterocycles. The zero-order chi connectivity index (χ0) is 23.1. The van der Waals surface area contributed by atoms with E-state index in [1.54, 1.807) is 0 Å². The van der Waals surface area contributed by atoms with Crippen LogP contribution in [0, 0.1) is 5.92 Å². The third kappa shape index (κ3) is 4.32. The van der Waals surface area contributed by atoms with Gasteiger partial charge in [0.2, 0.25) is 0 Å². The Morgan fingerprint density at radius 1 is 1.18 bits per heavy atom. The van der Waals surface area contributed by atoms with Gasteiger partial charge in [0.15, 0.2) is 0 Å². The summed E-state index contributed by atoms with van der Waals surface area (Å²) in [6.07, 6.45) is 4.14. The maximum Gasteiger partial charge on any atom is 0.318 e. The number of amides is 2. The van der Waals surface area contributed by atoms with Crippen LogP contribution in [0.5, 0.6) is 0 Å². The Labute approximate surface area is 205 Å². The summed E-state index contributed by atoms with van der Waals surface area (Å²) in [5.41, 5.74) is 4.92. The second-order valence-corrected chi connectivity index (χ2v) is 11.1. The van der Waals surface area contributed by atoms with Crippen LogP contribution < -0.4 is 5.32 Å². The molecule has 1 N–H and O–H groups in total. The number of carbonyl (C=O) groups is 1. The summed E-state index contributed by atoms with van der Waals surface area (Å²) >= 11 is 8.08. The SMILES string of the molecule is CC(C)CCNC(=O)N1Cc2c(sc3c2CCN(C)C3)-n2cccc2[C@H]1c1ccc(Cl)cc1. The first kappa shape index (κ1) is 22.5. The van der Waals surface area contributed by atoms with E-state index in [0.717, 1.165) is 37.2 Å². The van der Waals surface area contributed by atoms with Gasteiger partial charge in [0, 0.05) is 41.3 Å². The van der Waals surface area contributed by atoms with Crippen LogP contribution in [0.15, 0.2) is 42.6 Å². The fourth-order valence-electron chi connectivity index (χ4n) is 4.92. The van der Waals surface area contributed by atoms with Gasteiger partial charge in [-0.05, 0) is 61.2 Å². The number of halogens is 1. The van der Waals surface area contributed by atoms with Crippen LogP contribution in [0.3, 0.4) is 0 Å². The highest BCUT2D eigenvalue weighted by Gasteiger charge is 2.36. The van der Waals surface area contributed by atoms with Crippen molar-refractivity contribution in [2.24, 2.45) is 5.92 Å². The zero-order valence-electron chi connectivity index (χ0n) is 19.5. The first-order valence-electron chi connectivity index (χ1n) is 11.7. The number of hydrogen-bond acceptors (Lipinski definition) is 3. The number of likely N-dealkylation sites (N-methyl/N-ethyl adjacent to an activating group) is 1. The van der Waals surface area contributed by atoms with Crippen LogP contribution in [0.4, 0.5) is 4.79 Å². The predicted octanol–water partition coefficient (Wildman–Crippen LogP) is 5.84. The zero-order valence-corrected chi connectivity index (χ0v) is 21.0. The van der Waals surface area contributed by atoms with Gasteiger partial charge in [0.25, 0.3) is 0 Å². The number of urea groups is 1. The van der Waals surface area contributed by atoms with Crippen molar-refractivity contribution in [1.29, 1.82) is 0 Å². The quantitative estimate of drug-likeness (QED) is 0.507. The van der Waals surface area contributed by atoms with E-state index in [2.05, 4.69) is 54.0 Å². The summed E-state index contributed by atoms with van der Waals surface area (Å²) in [6.45, 7) is 7.68. The van der Waals surface area contributed by atoms with E-state index in [1.165, 1.54) is 21.0 Å². The number of thiophene rings is 1. The summed E-state index contributed by atoms with van der Waals surface area (Å²) in [6, 6.07) is 12.0. The third-order valence-corrected chi connectivity index (χ3v) is 8.21. The Balaban J connectivity index is 1.61. The minimum absolute atomic E-state index is 0.0101. The molecule has 0 bridgehead atoms. The third-order valence-electron chi connectivity index (χ3n) is 6.70. The minimum Gasteiger partial charge on any atom is -0.338 e. The fraction of sp³-hybridized carbons (Fsp3) is 0.423. The molecule has 5 rings (SSSR count). The van der Waals surface area contributed by atoms with Gasteiger partial charge in [0.1, 0.15) is 5.00 Å². The highest BCUT2D eigenvalue weighted by molar-refractivity contribution is 7.15. The topological polar surface area (TPSA) is 40.5 Å². The maximum atomic E-state index is 13.6. The maximum absolute atomic E-state index is 13.6. The highest BCUT2D eigenvalue weighted by atomic mass is 35.5. The lowest BCUT2D eigenvalue weighted by atomic mass is 10.0. The Morgan fingerprint density at radius 3 is 2.73 bits per heavy atom. The molecule has 7 heteroatoms. The molecule has 0 radical (unpaired) electrons. The van der Waals surface area contributed by atoms with Crippen molar-refractivity contribution in [3.63, 3.8) is 0 Å². The second kappa shape index (κ2) is 9.16. The van der Waals surface area contributed by atoms with Gasteiger partial charge in [-0.1, -0.05) is 37.6 Å². The highest BCUT2D eigenvalue weighted by Crippen LogP contribution is 2.43. The fourth-order valence-corrected chi connectivity index (χ4v) is 6.49. The number of nitrogens with one attached hydrogen (secondary N) is 1. The first-order chi connectivity index (χ1) is 15.9. The van der Waals surface area contributed by atoms with E-state index in [4.69, 9.17) is 11.6 Å². The van der Waals surface area contributed by atoms with E-state index in [0.29, 0.717) is 24.0 Å². The van der Waals surface area contributed by atoms with Crippen molar-refractivity contribution >= 4 is 29.0 Å². The first-order valence-corrected chi connectivity index (χ1v) is 12.9. The molecule has 0 fully saturated rings. The number of nitrogens with zero attached hydrogens (tertiary/aromatic N) is 3. The number of hydrogen-bond donors (Lipinski definition) is 1. The molecule has 2 aliphatic rings. The average Bonchev–Trinajstić information content (AvgIpc) is 3.35. The van der Waals surface area contributed by atoms with Crippen molar-refractivity contribution < 1.29 is 4.79 Å². The van der Waals surface area contributed by atoms with Gasteiger partial charge in [0.05, 0.1) is 18.3 Å². The molecule has 0 aliphatic carbocycles. The molecule has 1 atom stereocenters. The van der Waals surface area contributed by atoms with Gasteiger partial charge >= 0.3 is 6.03 Å². The molecular weight excluding hydrogens is 452 g/mol. The number of fused-ring (bicyclic) bond motifs is 5. The molecule has 174 valence electrons. The standard InChI is InChI=1S/C26H31ClN4OS/c1-17(2)10-12-28-26(32)31-15-21-20-11-14-29(3)16-23(20)33-25(21)30-13-4-5-22(30)24(31)18-6-8-19(27)9-7-18/h4-9,13,17,24H,10-12,14-16H2,1-3H3,(H,28,32)/t24-/m1/s1. The van der Waals surface area contributed by atoms with E-state index < -0.39 is 0 Å². The molecular formula is C26H31ClN4OS. The largest absolute Gasteiger partial charge is 0.338 e. The van der Waals surface area contributed by atoms with Crippen molar-refractivity contribution in [2.75, 3.05) is 20.1 Å². The smallest absolute Gasteiger partial charge is 0.318 e. The van der Waals surface area contributed by atoms with E-state index >= 15 is 0 Å². The monoisotopic (exact) mass is 482 g/mol. The molecule has 33 heavy (non-hydrogen) atoms. The van der Waals surface area contributed by atoms with Crippen LogP contribution in [0.2, 0.25) is 5.02 Å². The summed E-state index contributed by atoms with van der Waals surface area (Å²) in [5.74, 6) is 0.547. The lowest BCUT2D eigenvalue weighted by molar-refractivity contribution is 0.180. The van der Waals surface area contributed by atoms with Crippen LogP contribution >= 0.6 is 22.9 Å². The summed E-state index contributed by atoms with van der Waals surface area (Å²) in [4.78, 5) is 19.5. The van der Waals surface area contributed by atoms with Crippen LogP contribution in [0.25, 0.3) is 5.00 Å². The predicted molar refractivity (Wildman–Crippen MR) is 135 cm³/mol. The number of rotatable bonds is 4. The van der Waals surface area contributed by atoms with Gasteiger partial charge in [-0.2, -0.15) is 0 Å². The lowest BCUT2D eigenvalue weighted by Crippen LogP contribution is -2.42. The second-order valence-electron chi connectivity index (χ2n) is 9.57. The van der Waals surface area contributed by atoms with Gasteiger partial charge < -0.3 is 19.7 Å². The van der Waals surface area contributed by atoms with E-state index in [-0.39, 0.29) is 12.1 Å². The normalized spacial score (nSPS) is 18.0. The van der Waals surface area contributed by atoms with Gasteiger partial charge in [-0.3, -0.25) is 0 Å². The van der Waals surface area contributed by atoms with E-state index in [9.17, 15) is 4.79 Å². The summed E-state index contributed by atoms with van der Waals surface area (Å²) in [7, 11) is 2.18. The molecule has 2 aromatic heterocycles. The molecule has 0 saturated heterocycles. The molecule has 1 aromatic carbocycles. The van der Waals surface area contributed by atoms with Crippen LogP contribution in [-0.4, -0.2) is 40.5 Å². The Bertz CT molecular complexity index is 1150. The molecule has 5 nitrogen and oxygen atoms in total. The Kier molecular flexibility index (Phi) is 6.25. The number of carbonyl (C=O) groups excluding carboxylic acids is 1. The van der Waals surface area contributed by atoms with Gasteiger partial charge in [-0.15, -0.1) is 11.3 Å². The summed E-state index contributed by atoms with van der Waals surface area (Å²) < 4.78 is 2.30. The minimum atomic E-state index is -0.183. The summed E-state index contributed by atoms with van der Waals surface area (Å²) in [5, 5.41) is 5.16. The van der Waals surface area contributed by atoms with Crippen molar-refractivity contribution in [3.05, 3.63) is 74.9 Å². The number of benzene rings is 1. The molecule has 2 aliphatic heterocycles. The molecule has 2 amide bonds. The van der Waals surface area contributed by atoms with Gasteiger partial charge in [-0.25, -0.2) is 4.79 Å². The van der Waals surface area contributed by atoms with Crippen molar-refractivity contribution in [2.45, 2.75) is 45.8 Å². The molecule has 3 aromatic rings. The average molecular weight is 483 g/mol. The van der Waals surface area contributed by atoms with Crippen molar-refractivity contribution in [3.8, 4) is 5.00 Å². The lowest BCUT2D eigenvalue weighted by Gasteiger charge is -2.32. The Morgan fingerprint density at radius 2 is 1.97 bits per heavy atom. The van der Waals surface area contributed by atoms with E-state index in [1.807, 2.05) is 40.5 Å².